The van der Waals surface area contributed by atoms with Crippen LogP contribution in [0.4, 0.5) is 0 Å². The van der Waals surface area contributed by atoms with Crippen LogP contribution in [0.25, 0.3) is 0 Å². The Morgan fingerprint density at radius 1 is 1.47 bits per heavy atom. The van der Waals surface area contributed by atoms with Gasteiger partial charge in [-0.1, -0.05) is 0 Å². The zero-order valence-corrected chi connectivity index (χ0v) is 10.2. The number of ether oxygens (including phenoxy) is 2. The van der Waals surface area contributed by atoms with Crippen molar-refractivity contribution in [3.63, 3.8) is 0 Å². The van der Waals surface area contributed by atoms with E-state index in [1.807, 2.05) is 0 Å². The zero-order chi connectivity index (χ0) is 12.7. The Morgan fingerprint density at radius 2 is 2.24 bits per heavy atom. The van der Waals surface area contributed by atoms with Crippen molar-refractivity contribution in [1.29, 1.82) is 0 Å². The predicted octanol–water partition coefficient (Wildman–Crippen LogP) is 0.943. The standard InChI is InChI=1S/C11H18N2O4/c1-9-10(11(14)15)8-12-13(9)4-3-5-17-7-6-16-2/h8H,3-7H2,1-2H3,(H,14,15). The van der Waals surface area contributed by atoms with Crippen LogP contribution in [0.1, 0.15) is 22.5 Å². The third-order valence-electron chi connectivity index (χ3n) is 2.42. The minimum absolute atomic E-state index is 0.255. The molecule has 0 atom stereocenters. The van der Waals surface area contributed by atoms with E-state index in [1.54, 1.807) is 18.7 Å². The second kappa shape index (κ2) is 7.03. The van der Waals surface area contributed by atoms with E-state index in [0.717, 1.165) is 6.42 Å². The Hall–Kier alpha value is -1.40. The molecule has 17 heavy (non-hydrogen) atoms. The Bertz CT molecular complexity index is 362. The Labute approximate surface area is 100 Å². The number of rotatable bonds is 8. The Balaban J connectivity index is 2.30. The average molecular weight is 242 g/mol. The summed E-state index contributed by atoms with van der Waals surface area (Å²) in [7, 11) is 1.63. The first-order chi connectivity index (χ1) is 8.16. The predicted molar refractivity (Wildman–Crippen MR) is 61.2 cm³/mol. The van der Waals surface area contributed by atoms with Crippen LogP contribution in [-0.4, -0.2) is 47.8 Å². The van der Waals surface area contributed by atoms with Gasteiger partial charge in [0, 0.05) is 26.0 Å². The summed E-state index contributed by atoms with van der Waals surface area (Å²) in [6.07, 6.45) is 2.18. The molecule has 0 bridgehead atoms. The number of aryl methyl sites for hydroxylation is 1. The second-order valence-corrected chi connectivity index (χ2v) is 3.63. The summed E-state index contributed by atoms with van der Waals surface area (Å²) >= 11 is 0. The van der Waals surface area contributed by atoms with E-state index in [9.17, 15) is 4.79 Å². The summed E-state index contributed by atoms with van der Waals surface area (Å²) in [5, 5.41) is 12.9. The SMILES string of the molecule is COCCOCCCn1ncc(C(=O)O)c1C. The summed E-state index contributed by atoms with van der Waals surface area (Å²) in [6.45, 7) is 4.19. The van der Waals surface area contributed by atoms with Crippen LogP contribution >= 0.6 is 0 Å². The number of carboxylic acid groups (broad SMARTS) is 1. The van der Waals surface area contributed by atoms with Crippen LogP contribution in [0.2, 0.25) is 0 Å². The lowest BCUT2D eigenvalue weighted by atomic mass is 10.2. The third kappa shape index (κ3) is 4.16. The van der Waals surface area contributed by atoms with Gasteiger partial charge in [0.05, 0.1) is 19.4 Å². The van der Waals surface area contributed by atoms with Crippen LogP contribution in [0, 0.1) is 6.92 Å². The zero-order valence-electron chi connectivity index (χ0n) is 10.2. The van der Waals surface area contributed by atoms with Gasteiger partial charge in [0.1, 0.15) is 5.56 Å². The first-order valence-corrected chi connectivity index (χ1v) is 5.49. The molecule has 0 aromatic carbocycles. The highest BCUT2D eigenvalue weighted by molar-refractivity contribution is 5.88. The number of aromatic nitrogens is 2. The first-order valence-electron chi connectivity index (χ1n) is 5.49. The van der Waals surface area contributed by atoms with Gasteiger partial charge in [-0.25, -0.2) is 4.79 Å². The van der Waals surface area contributed by atoms with Crippen LogP contribution in [0.15, 0.2) is 6.20 Å². The molecule has 1 N–H and O–H groups in total. The minimum atomic E-state index is -0.940. The smallest absolute Gasteiger partial charge is 0.339 e. The summed E-state index contributed by atoms with van der Waals surface area (Å²) in [5.41, 5.74) is 0.930. The van der Waals surface area contributed by atoms with Gasteiger partial charge in [0.2, 0.25) is 0 Å². The van der Waals surface area contributed by atoms with Gasteiger partial charge in [-0.2, -0.15) is 5.10 Å². The largest absolute Gasteiger partial charge is 0.478 e. The lowest BCUT2D eigenvalue weighted by molar-refractivity contribution is 0.0675. The lowest BCUT2D eigenvalue weighted by Crippen LogP contribution is -2.09. The fourth-order valence-electron chi connectivity index (χ4n) is 1.44. The van der Waals surface area contributed by atoms with Crippen molar-refractivity contribution in [2.45, 2.75) is 19.9 Å². The second-order valence-electron chi connectivity index (χ2n) is 3.63. The molecule has 1 heterocycles. The van der Waals surface area contributed by atoms with Gasteiger partial charge in [-0.3, -0.25) is 4.68 Å². The van der Waals surface area contributed by atoms with Crippen LogP contribution in [0.3, 0.4) is 0 Å². The molecule has 96 valence electrons. The van der Waals surface area contributed by atoms with E-state index in [2.05, 4.69) is 5.10 Å². The molecule has 0 amide bonds. The molecule has 1 rings (SSSR count). The highest BCUT2D eigenvalue weighted by atomic mass is 16.5. The highest BCUT2D eigenvalue weighted by Crippen LogP contribution is 2.07. The molecule has 6 nitrogen and oxygen atoms in total. The number of hydrogen-bond acceptors (Lipinski definition) is 4. The van der Waals surface area contributed by atoms with Crippen LogP contribution in [0.5, 0.6) is 0 Å². The topological polar surface area (TPSA) is 73.6 Å². The Kier molecular flexibility index (Phi) is 5.65. The molecule has 0 radical (unpaired) electrons. The third-order valence-corrected chi connectivity index (χ3v) is 2.42. The number of carbonyl (C=O) groups is 1. The van der Waals surface area contributed by atoms with Gasteiger partial charge in [-0.15, -0.1) is 0 Å². The molecule has 0 unspecified atom stereocenters. The van der Waals surface area contributed by atoms with E-state index in [-0.39, 0.29) is 5.56 Å². The minimum Gasteiger partial charge on any atom is -0.478 e. The van der Waals surface area contributed by atoms with Crippen LogP contribution < -0.4 is 0 Å². The van der Waals surface area contributed by atoms with Gasteiger partial charge in [-0.05, 0) is 13.3 Å². The molecule has 1 aromatic rings. The number of carboxylic acids is 1. The van der Waals surface area contributed by atoms with Crippen molar-refractivity contribution in [2.24, 2.45) is 0 Å². The molecule has 0 aliphatic carbocycles. The number of methoxy groups -OCH3 is 1. The van der Waals surface area contributed by atoms with Crippen molar-refractivity contribution < 1.29 is 19.4 Å². The molecule has 0 fully saturated rings. The van der Waals surface area contributed by atoms with E-state index < -0.39 is 5.97 Å². The van der Waals surface area contributed by atoms with Crippen molar-refractivity contribution in [2.75, 3.05) is 26.9 Å². The van der Waals surface area contributed by atoms with E-state index in [4.69, 9.17) is 14.6 Å². The molecule has 0 aliphatic heterocycles. The Morgan fingerprint density at radius 3 is 2.82 bits per heavy atom. The first kappa shape index (κ1) is 13.7. The average Bonchev–Trinajstić information content (AvgIpc) is 2.65. The van der Waals surface area contributed by atoms with Crippen molar-refractivity contribution in [3.05, 3.63) is 17.5 Å². The normalized spacial score (nSPS) is 10.7. The number of aromatic carboxylic acids is 1. The molecule has 0 saturated heterocycles. The number of nitrogens with zero attached hydrogens (tertiary/aromatic N) is 2. The summed E-state index contributed by atoms with van der Waals surface area (Å²) in [5.74, 6) is -0.940. The molecule has 1 aromatic heterocycles. The molecular weight excluding hydrogens is 224 g/mol. The van der Waals surface area contributed by atoms with Crippen molar-refractivity contribution in [3.8, 4) is 0 Å². The van der Waals surface area contributed by atoms with Crippen LogP contribution in [-0.2, 0) is 16.0 Å². The fraction of sp³-hybridized carbons (Fsp3) is 0.636. The molecule has 0 aliphatic rings. The maximum absolute atomic E-state index is 10.8. The van der Waals surface area contributed by atoms with Crippen molar-refractivity contribution in [1.82, 2.24) is 9.78 Å². The van der Waals surface area contributed by atoms with E-state index in [1.165, 1.54) is 6.20 Å². The van der Waals surface area contributed by atoms with Gasteiger partial charge >= 0.3 is 5.97 Å². The lowest BCUT2D eigenvalue weighted by Gasteiger charge is -2.05. The molecule has 0 saturated carbocycles. The van der Waals surface area contributed by atoms with Gasteiger partial charge in [0.25, 0.3) is 0 Å². The molecule has 0 spiro atoms. The molecular formula is C11H18N2O4. The maximum Gasteiger partial charge on any atom is 0.339 e. The summed E-state index contributed by atoms with van der Waals surface area (Å²) < 4.78 is 11.8. The quantitative estimate of drug-likeness (QED) is 0.687. The number of hydrogen-bond donors (Lipinski definition) is 1. The van der Waals surface area contributed by atoms with E-state index in [0.29, 0.717) is 32.1 Å². The monoisotopic (exact) mass is 242 g/mol. The van der Waals surface area contributed by atoms with E-state index >= 15 is 0 Å². The highest BCUT2D eigenvalue weighted by Gasteiger charge is 2.11. The van der Waals surface area contributed by atoms with Gasteiger partial charge in [0.15, 0.2) is 0 Å². The maximum atomic E-state index is 10.8. The molecule has 6 heteroatoms. The van der Waals surface area contributed by atoms with Crippen molar-refractivity contribution >= 4 is 5.97 Å². The fourth-order valence-corrected chi connectivity index (χ4v) is 1.44. The summed E-state index contributed by atoms with van der Waals surface area (Å²) in [6, 6.07) is 0. The summed E-state index contributed by atoms with van der Waals surface area (Å²) in [4.78, 5) is 10.8. The van der Waals surface area contributed by atoms with Gasteiger partial charge < -0.3 is 14.6 Å².